The van der Waals surface area contributed by atoms with E-state index in [4.69, 9.17) is 15.9 Å². The molecule has 55 heavy (non-hydrogen) atoms. The number of aliphatic hydroxyl groups is 1. The summed E-state index contributed by atoms with van der Waals surface area (Å²) in [7, 11) is 0. The van der Waals surface area contributed by atoms with E-state index in [-0.39, 0.29) is 50.0 Å². The van der Waals surface area contributed by atoms with Gasteiger partial charge in [-0.1, -0.05) is 56.3 Å². The first-order chi connectivity index (χ1) is 26.3. The van der Waals surface area contributed by atoms with Crippen molar-refractivity contribution in [3.8, 4) is 5.75 Å². The van der Waals surface area contributed by atoms with Crippen LogP contribution < -0.4 is 31.7 Å². The highest BCUT2D eigenvalue weighted by molar-refractivity contribution is 5.96. The van der Waals surface area contributed by atoms with Gasteiger partial charge in [-0.3, -0.25) is 29.4 Å². The molecule has 8 N–H and O–H groups in total. The maximum Gasteiger partial charge on any atom is 0.245 e. The number of hydrogen-bond donors (Lipinski definition) is 7. The summed E-state index contributed by atoms with van der Waals surface area (Å²) in [6.45, 7) is 6.92. The molecule has 0 aromatic heterocycles. The number of nitrogens with one attached hydrogen (secondary N) is 5. The molecule has 0 spiro atoms. The average molecular weight is 763 g/mol. The second-order valence-electron chi connectivity index (χ2n) is 14.9. The second kappa shape index (κ2) is 21.1. The summed E-state index contributed by atoms with van der Waals surface area (Å²) < 4.78 is 5.88. The molecule has 0 bridgehead atoms. The zero-order valence-electron chi connectivity index (χ0n) is 32.2. The van der Waals surface area contributed by atoms with Crippen LogP contribution in [-0.2, 0) is 37.0 Å². The third-order valence-corrected chi connectivity index (χ3v) is 9.76. The Morgan fingerprint density at radius 2 is 1.58 bits per heavy atom. The number of β-amino-alcohol motifs (C(OH)–C–C–N with tert-alkyl or cyclic N) is 1. The highest BCUT2D eigenvalue weighted by Crippen LogP contribution is 2.23. The zero-order chi connectivity index (χ0) is 39.9. The fourth-order valence-electron chi connectivity index (χ4n) is 7.01. The number of benzene rings is 2. The van der Waals surface area contributed by atoms with Gasteiger partial charge in [-0.2, -0.15) is 0 Å². The number of carbonyl (C=O) groups is 5. The Bertz CT molecular complexity index is 1600. The topological polar surface area (TPSA) is 219 Å². The minimum Gasteiger partial charge on any atom is -0.489 e. The predicted molar refractivity (Wildman–Crippen MR) is 208 cm³/mol. The summed E-state index contributed by atoms with van der Waals surface area (Å²) >= 11 is 0. The number of piperidine rings is 1. The van der Waals surface area contributed by atoms with Gasteiger partial charge in [-0.15, -0.1) is 0 Å². The van der Waals surface area contributed by atoms with Crippen LogP contribution in [0, 0.1) is 11.3 Å². The van der Waals surface area contributed by atoms with E-state index in [1.807, 2.05) is 56.3 Å². The van der Waals surface area contributed by atoms with Crippen LogP contribution in [0.3, 0.4) is 0 Å². The van der Waals surface area contributed by atoms with Crippen LogP contribution in [0.5, 0.6) is 5.75 Å². The monoisotopic (exact) mass is 762 g/mol. The van der Waals surface area contributed by atoms with E-state index in [1.165, 1.54) is 11.8 Å². The number of amides is 5. The molecule has 2 aromatic rings. The molecule has 2 saturated heterocycles. The number of guanidine groups is 1. The number of nitrogens with two attached hydrogens (primary N) is 1. The predicted octanol–water partition coefficient (Wildman–Crippen LogP) is 1.57. The number of nitrogens with zero attached hydrogens (tertiary/aromatic N) is 2. The molecule has 0 unspecified atom stereocenters. The van der Waals surface area contributed by atoms with Crippen molar-refractivity contribution in [1.29, 1.82) is 5.41 Å². The van der Waals surface area contributed by atoms with Crippen molar-refractivity contribution < 1.29 is 33.8 Å². The maximum absolute atomic E-state index is 14.2. The molecule has 2 aromatic carbocycles. The second-order valence-corrected chi connectivity index (χ2v) is 14.9. The molecule has 300 valence electrons. The molecule has 0 radical (unpaired) electrons. The molecular weight excluding hydrogens is 704 g/mol. The fraction of sp³-hybridized carbons (Fsp3) is 0.550. The molecule has 5 atom stereocenters. The first kappa shape index (κ1) is 42.6. The van der Waals surface area contributed by atoms with Gasteiger partial charge in [0.15, 0.2) is 5.96 Å². The van der Waals surface area contributed by atoms with Gasteiger partial charge >= 0.3 is 0 Å². The van der Waals surface area contributed by atoms with Crippen LogP contribution in [-0.4, -0.2) is 107 Å². The summed E-state index contributed by atoms with van der Waals surface area (Å²) in [6.07, 6.45) is 2.87. The van der Waals surface area contributed by atoms with Gasteiger partial charge in [-0.25, -0.2) is 0 Å². The Morgan fingerprint density at radius 3 is 2.22 bits per heavy atom. The van der Waals surface area contributed by atoms with Gasteiger partial charge in [0.25, 0.3) is 0 Å². The molecule has 15 heteroatoms. The Labute approximate surface area is 323 Å². The van der Waals surface area contributed by atoms with Crippen molar-refractivity contribution in [3.05, 3.63) is 65.7 Å². The van der Waals surface area contributed by atoms with Crippen molar-refractivity contribution in [2.24, 2.45) is 11.7 Å². The molecule has 15 nitrogen and oxygen atoms in total. The van der Waals surface area contributed by atoms with Gasteiger partial charge in [0, 0.05) is 45.9 Å². The fourth-order valence-corrected chi connectivity index (χ4v) is 7.01. The van der Waals surface area contributed by atoms with Crippen LogP contribution in [0.15, 0.2) is 54.6 Å². The van der Waals surface area contributed by atoms with E-state index in [1.54, 1.807) is 17.0 Å². The molecule has 2 aliphatic heterocycles. The van der Waals surface area contributed by atoms with E-state index in [0.29, 0.717) is 38.4 Å². The van der Waals surface area contributed by atoms with Crippen LogP contribution in [0.2, 0.25) is 0 Å². The molecule has 2 aliphatic rings. The molecule has 2 fully saturated rings. The third-order valence-electron chi connectivity index (χ3n) is 9.76. The standard InChI is InChI=1S/C40H58N8O7/c1-26(2)21-34(46-36(51)33(44-27(3)49)22-28-14-16-31(17-15-28)55-25-29-11-6-4-7-12-29)39(54)48-24-30(50)23-35(48)37(52)45-32(13-10-18-43-40(41)42)38(53)47-19-8-5-9-20-47/h4,6-7,11-12,14-17,26,30,32-35,50H,5,8-10,13,18-25H2,1-3H3,(H,44,49)(H,45,52)(H,46,51)(H4,41,42,43)/t30-,32-,33+,34+,35+/m1/s1. The van der Waals surface area contributed by atoms with E-state index in [0.717, 1.165) is 30.4 Å². The van der Waals surface area contributed by atoms with Gasteiger partial charge in [0.05, 0.1) is 6.10 Å². The van der Waals surface area contributed by atoms with Crippen molar-refractivity contribution in [3.63, 3.8) is 0 Å². The summed E-state index contributed by atoms with van der Waals surface area (Å²) in [4.78, 5) is 70.8. The number of aliphatic hydroxyl groups excluding tert-OH is 1. The van der Waals surface area contributed by atoms with Crippen molar-refractivity contribution in [2.45, 2.75) is 109 Å². The van der Waals surface area contributed by atoms with Crippen molar-refractivity contribution >= 4 is 35.5 Å². The molecule has 0 saturated carbocycles. The Balaban J connectivity index is 1.45. The summed E-state index contributed by atoms with van der Waals surface area (Å²) in [5.41, 5.74) is 7.20. The molecule has 4 rings (SSSR count). The SMILES string of the molecule is CC(=O)N[C@@H](Cc1ccc(OCc2ccccc2)cc1)C(=O)N[C@@H](CC(C)C)C(=O)N1C[C@H](O)C[C@H]1C(=O)N[C@H](CCCNC(=N)N)C(=O)N1CCCCC1. The summed E-state index contributed by atoms with van der Waals surface area (Å²) in [5.74, 6) is -1.88. The highest BCUT2D eigenvalue weighted by Gasteiger charge is 2.43. The molecular formula is C40H58N8O7. The largest absolute Gasteiger partial charge is 0.489 e. The summed E-state index contributed by atoms with van der Waals surface area (Å²) in [6, 6.07) is 13.0. The molecule has 0 aliphatic carbocycles. The average Bonchev–Trinajstić information content (AvgIpc) is 3.56. The van der Waals surface area contributed by atoms with E-state index < -0.39 is 53.9 Å². The Hall–Kier alpha value is -5.18. The Kier molecular flexibility index (Phi) is 16.3. The highest BCUT2D eigenvalue weighted by atomic mass is 16.5. The first-order valence-corrected chi connectivity index (χ1v) is 19.3. The zero-order valence-corrected chi connectivity index (χ0v) is 32.2. The summed E-state index contributed by atoms with van der Waals surface area (Å²) in [5, 5.41) is 29.3. The third kappa shape index (κ3) is 13.6. The number of rotatable bonds is 18. The smallest absolute Gasteiger partial charge is 0.245 e. The van der Waals surface area contributed by atoms with Crippen molar-refractivity contribution in [2.75, 3.05) is 26.2 Å². The minimum absolute atomic E-state index is 0.0317. The lowest BCUT2D eigenvalue weighted by atomic mass is 10.00. The lowest BCUT2D eigenvalue weighted by Gasteiger charge is -2.33. The van der Waals surface area contributed by atoms with E-state index in [2.05, 4.69) is 21.3 Å². The number of carbonyl (C=O) groups excluding carboxylic acids is 5. The lowest BCUT2D eigenvalue weighted by Crippen LogP contribution is -2.58. The number of likely N-dealkylation sites (tertiary alicyclic amines) is 2. The normalized spacial score (nSPS) is 18.5. The van der Waals surface area contributed by atoms with Gasteiger partial charge in [-0.05, 0) is 67.7 Å². The van der Waals surface area contributed by atoms with Gasteiger partial charge in [0.2, 0.25) is 29.5 Å². The van der Waals surface area contributed by atoms with Crippen LogP contribution in [0.25, 0.3) is 0 Å². The van der Waals surface area contributed by atoms with Gasteiger partial charge in [0.1, 0.15) is 36.5 Å². The van der Waals surface area contributed by atoms with Crippen molar-refractivity contribution in [1.82, 2.24) is 31.1 Å². The lowest BCUT2D eigenvalue weighted by molar-refractivity contribution is -0.143. The van der Waals surface area contributed by atoms with Crippen LogP contribution in [0.1, 0.15) is 76.8 Å². The maximum atomic E-state index is 14.2. The number of ether oxygens (including phenoxy) is 1. The van der Waals surface area contributed by atoms with E-state index >= 15 is 0 Å². The van der Waals surface area contributed by atoms with Crippen LogP contribution in [0.4, 0.5) is 0 Å². The number of hydrogen-bond acceptors (Lipinski definition) is 8. The first-order valence-electron chi connectivity index (χ1n) is 19.3. The van der Waals surface area contributed by atoms with Crippen LogP contribution >= 0.6 is 0 Å². The van der Waals surface area contributed by atoms with E-state index in [9.17, 15) is 29.1 Å². The molecule has 5 amide bonds. The van der Waals surface area contributed by atoms with Gasteiger partial charge < -0.3 is 46.6 Å². The Morgan fingerprint density at radius 1 is 0.891 bits per heavy atom. The minimum atomic E-state index is -1.07. The quantitative estimate of drug-likeness (QED) is 0.0665. The molecule has 2 heterocycles.